The highest BCUT2D eigenvalue weighted by molar-refractivity contribution is 6.02. The largest absolute Gasteiger partial charge is 0.491 e. The second-order valence-electron chi connectivity index (χ2n) is 12.5. The molecule has 0 aliphatic rings. The molecule has 0 spiro atoms. The number of nitrogens with one attached hydrogen (secondary N) is 4. The highest BCUT2D eigenvalue weighted by atomic mass is 16.5. The molecule has 3 aromatic rings. The molecule has 2 aromatic carbocycles. The molecule has 0 saturated carbocycles. The van der Waals surface area contributed by atoms with Crippen LogP contribution in [-0.4, -0.2) is 53.0 Å². The summed E-state index contributed by atoms with van der Waals surface area (Å²) < 4.78 is 10.9. The van der Waals surface area contributed by atoms with E-state index in [0.717, 1.165) is 11.1 Å². The number of hydrogen-bond acceptors (Lipinski definition) is 8. The van der Waals surface area contributed by atoms with Crippen molar-refractivity contribution in [3.05, 3.63) is 88.3 Å². The van der Waals surface area contributed by atoms with Crippen LogP contribution in [0.4, 0.5) is 0 Å². The highest BCUT2D eigenvalue weighted by Crippen LogP contribution is 2.17. The Morgan fingerprint density at radius 1 is 1.00 bits per heavy atom. The van der Waals surface area contributed by atoms with Crippen molar-refractivity contribution in [3.8, 4) is 11.8 Å². The molecule has 47 heavy (non-hydrogen) atoms. The van der Waals surface area contributed by atoms with Crippen LogP contribution in [0.2, 0.25) is 0 Å². The van der Waals surface area contributed by atoms with Gasteiger partial charge in [-0.2, -0.15) is 5.26 Å². The van der Waals surface area contributed by atoms with E-state index in [2.05, 4.69) is 26.4 Å². The van der Waals surface area contributed by atoms with Gasteiger partial charge in [0, 0.05) is 18.2 Å². The number of amides is 4. The highest BCUT2D eigenvalue weighted by Gasteiger charge is 2.30. The van der Waals surface area contributed by atoms with E-state index >= 15 is 0 Å². The van der Waals surface area contributed by atoms with Gasteiger partial charge >= 0.3 is 0 Å². The van der Waals surface area contributed by atoms with Crippen molar-refractivity contribution < 1.29 is 28.4 Å². The summed E-state index contributed by atoms with van der Waals surface area (Å²) >= 11 is 0. The molecule has 12 nitrogen and oxygen atoms in total. The Morgan fingerprint density at radius 2 is 1.70 bits per heavy atom. The average Bonchev–Trinajstić information content (AvgIpc) is 3.45. The molecule has 0 fully saturated rings. The number of carbonyl (C=O) groups is 4. The lowest BCUT2D eigenvalue weighted by atomic mass is 10.0. The molecule has 1 aromatic heterocycles. The number of nitrogens with zero attached hydrogens (tertiary/aromatic N) is 2. The van der Waals surface area contributed by atoms with Crippen LogP contribution in [0.1, 0.15) is 67.6 Å². The fourth-order valence-electron chi connectivity index (χ4n) is 4.28. The van der Waals surface area contributed by atoms with Gasteiger partial charge in [0.1, 0.15) is 41.8 Å². The van der Waals surface area contributed by atoms with Crippen LogP contribution < -0.4 is 26.0 Å². The van der Waals surface area contributed by atoms with Crippen LogP contribution in [0.3, 0.4) is 0 Å². The van der Waals surface area contributed by atoms with E-state index in [1.165, 1.54) is 12.1 Å². The first-order chi connectivity index (χ1) is 22.1. The summed E-state index contributed by atoms with van der Waals surface area (Å²) in [5, 5.41) is 24.3. The SMILES string of the molecule is Cc1ccc(CNC(=O)[C@H](COc2cccc(/C=C(\C#N)C(=O)NC(C)(C)C)c2)NC(=O)[C@@H](NC(=O)c2cc(C)on2)C(C)C)cc1. The van der Waals surface area contributed by atoms with E-state index in [9.17, 15) is 24.4 Å². The van der Waals surface area contributed by atoms with Crippen LogP contribution in [0.5, 0.6) is 5.75 Å². The van der Waals surface area contributed by atoms with Crippen molar-refractivity contribution in [2.24, 2.45) is 5.92 Å². The average molecular weight is 643 g/mol. The van der Waals surface area contributed by atoms with Crippen molar-refractivity contribution in [1.29, 1.82) is 5.26 Å². The Labute approximate surface area is 274 Å². The maximum absolute atomic E-state index is 13.5. The standard InChI is InChI=1S/C35H42N6O6/c1-21(2)30(39-33(44)28-15-23(4)47-41-28)34(45)38-29(32(43)37-19-24-13-11-22(3)12-14-24)20-46-27-10-8-9-25(17-27)16-26(18-36)31(42)40-35(5,6)7/h8-17,21,29-30H,19-20H2,1-7H3,(H,37,43)(H,38,45)(H,39,44)(H,40,42)/b26-16+/t29-,30-/m0/s1. The molecule has 4 amide bonds. The molecule has 4 N–H and O–H groups in total. The molecule has 12 heteroatoms. The number of hydrogen-bond donors (Lipinski definition) is 4. The minimum absolute atomic E-state index is 0.0287. The number of benzene rings is 2. The minimum atomic E-state index is -1.15. The second kappa shape index (κ2) is 16.2. The molecular formula is C35H42N6O6. The zero-order valence-corrected chi connectivity index (χ0v) is 27.8. The second-order valence-corrected chi connectivity index (χ2v) is 12.5. The lowest BCUT2D eigenvalue weighted by Gasteiger charge is -2.25. The Kier molecular flexibility index (Phi) is 12.4. The maximum Gasteiger partial charge on any atom is 0.274 e. The molecular weight excluding hydrogens is 600 g/mol. The third-order valence-electron chi connectivity index (χ3n) is 6.76. The maximum atomic E-state index is 13.5. The normalized spacial score (nSPS) is 12.8. The van der Waals surface area contributed by atoms with Gasteiger partial charge < -0.3 is 30.5 Å². The Hall–Kier alpha value is -5.44. The summed E-state index contributed by atoms with van der Waals surface area (Å²) in [5.41, 5.74) is 1.90. The number of ether oxygens (including phenoxy) is 1. The zero-order valence-electron chi connectivity index (χ0n) is 27.8. The first-order valence-electron chi connectivity index (χ1n) is 15.2. The predicted octanol–water partition coefficient (Wildman–Crippen LogP) is 3.75. The van der Waals surface area contributed by atoms with E-state index in [4.69, 9.17) is 9.26 Å². The lowest BCUT2D eigenvalue weighted by molar-refractivity contribution is -0.131. The van der Waals surface area contributed by atoms with Gasteiger partial charge in [0.15, 0.2) is 5.69 Å². The molecule has 0 radical (unpaired) electrons. The summed E-state index contributed by atoms with van der Waals surface area (Å²) in [6, 6.07) is 15.5. The topological polar surface area (TPSA) is 175 Å². The molecule has 1 heterocycles. The van der Waals surface area contributed by atoms with Crippen molar-refractivity contribution in [2.75, 3.05) is 6.61 Å². The van der Waals surface area contributed by atoms with Crippen LogP contribution in [0, 0.1) is 31.1 Å². The summed E-state index contributed by atoms with van der Waals surface area (Å²) in [6.07, 6.45) is 1.44. The summed E-state index contributed by atoms with van der Waals surface area (Å²) in [6.45, 7) is 12.5. The van der Waals surface area contributed by atoms with E-state index in [0.29, 0.717) is 17.1 Å². The number of carbonyl (C=O) groups excluding carboxylic acids is 4. The molecule has 0 bridgehead atoms. The number of aromatic nitrogens is 1. The van der Waals surface area contributed by atoms with Gasteiger partial charge in [0.2, 0.25) is 11.8 Å². The van der Waals surface area contributed by atoms with E-state index in [1.54, 1.807) is 45.0 Å². The summed E-state index contributed by atoms with van der Waals surface area (Å²) in [7, 11) is 0. The van der Waals surface area contributed by atoms with Gasteiger partial charge in [0.05, 0.1) is 0 Å². The molecule has 3 rings (SSSR count). The first kappa shape index (κ1) is 36.0. The van der Waals surface area contributed by atoms with E-state index < -0.39 is 41.3 Å². The van der Waals surface area contributed by atoms with Crippen LogP contribution in [0.15, 0.2) is 64.7 Å². The Bertz CT molecular complexity index is 1650. The van der Waals surface area contributed by atoms with Gasteiger partial charge in [0.25, 0.3) is 11.8 Å². The number of rotatable bonds is 13. The fraction of sp³-hybridized carbons (Fsp3) is 0.371. The van der Waals surface area contributed by atoms with Crippen molar-refractivity contribution >= 4 is 29.7 Å². The van der Waals surface area contributed by atoms with Gasteiger partial charge in [-0.3, -0.25) is 19.2 Å². The van der Waals surface area contributed by atoms with Gasteiger partial charge in [-0.05, 0) is 69.9 Å². The van der Waals surface area contributed by atoms with Crippen LogP contribution in [0.25, 0.3) is 6.08 Å². The zero-order chi connectivity index (χ0) is 34.7. The third-order valence-corrected chi connectivity index (χ3v) is 6.76. The first-order valence-corrected chi connectivity index (χ1v) is 15.2. The summed E-state index contributed by atoms with van der Waals surface area (Å²) in [5.74, 6) is -1.74. The minimum Gasteiger partial charge on any atom is -0.491 e. The van der Waals surface area contributed by atoms with Gasteiger partial charge in [-0.25, -0.2) is 0 Å². The molecule has 2 atom stereocenters. The summed E-state index contributed by atoms with van der Waals surface area (Å²) in [4.78, 5) is 52.2. The monoisotopic (exact) mass is 642 g/mol. The third kappa shape index (κ3) is 11.5. The van der Waals surface area contributed by atoms with Crippen LogP contribution in [-0.2, 0) is 20.9 Å². The molecule has 248 valence electrons. The van der Waals surface area contributed by atoms with Crippen molar-refractivity contribution in [1.82, 2.24) is 26.4 Å². The molecule has 0 saturated heterocycles. The van der Waals surface area contributed by atoms with E-state index in [1.807, 2.05) is 58.0 Å². The van der Waals surface area contributed by atoms with Crippen molar-refractivity contribution in [3.63, 3.8) is 0 Å². The number of aryl methyl sites for hydroxylation is 2. The lowest BCUT2D eigenvalue weighted by Crippen LogP contribution is -2.57. The predicted molar refractivity (Wildman–Crippen MR) is 176 cm³/mol. The van der Waals surface area contributed by atoms with Gasteiger partial charge in [-0.15, -0.1) is 0 Å². The Balaban J connectivity index is 1.79. The Morgan fingerprint density at radius 3 is 2.30 bits per heavy atom. The van der Waals surface area contributed by atoms with Crippen molar-refractivity contribution in [2.45, 2.75) is 72.6 Å². The number of nitriles is 1. The quantitative estimate of drug-likeness (QED) is 0.161. The molecule has 0 aliphatic heterocycles. The van der Waals surface area contributed by atoms with Crippen LogP contribution >= 0.6 is 0 Å². The molecule has 0 aliphatic carbocycles. The van der Waals surface area contributed by atoms with E-state index in [-0.39, 0.29) is 30.3 Å². The molecule has 0 unspecified atom stereocenters. The van der Waals surface area contributed by atoms with Gasteiger partial charge in [-0.1, -0.05) is 61.0 Å². The fourth-order valence-corrected chi connectivity index (χ4v) is 4.28. The smallest absolute Gasteiger partial charge is 0.274 e.